The van der Waals surface area contributed by atoms with Crippen LogP contribution in [0.25, 0.3) is 0 Å². The molecule has 4 nitrogen and oxygen atoms in total. The quantitative estimate of drug-likeness (QED) is 0.359. The summed E-state index contributed by atoms with van der Waals surface area (Å²) in [5.41, 5.74) is 0. The second-order valence-electron chi connectivity index (χ2n) is 0.950. The number of nitrogens with zero attached hydrogens (tertiary/aromatic N) is 1. The molecule has 0 rings (SSSR count). The van der Waals surface area contributed by atoms with Crippen LogP contribution in [0.1, 0.15) is 0 Å². The smallest absolute Gasteiger partial charge is 0.239 e. The highest BCUT2D eigenvalue weighted by Crippen LogP contribution is 1.91. The molecule has 0 radical (unpaired) electrons. The minimum Gasteiger partial charge on any atom is -0.375 e. The second kappa shape index (κ2) is 2.92. The minimum absolute atomic E-state index is 0.444. The Labute approximate surface area is 48.4 Å². The molecule has 5 heteroatoms. The molecule has 1 unspecified atom stereocenters. The lowest BCUT2D eigenvalue weighted by atomic mass is 10.7. The zero-order valence-electron chi connectivity index (χ0n) is 3.37. The number of hydrogen-bond donors (Lipinski definition) is 1. The van der Waals surface area contributed by atoms with Gasteiger partial charge in [-0.3, -0.25) is 10.1 Å². The maximum absolute atomic E-state index is 9.43. The van der Waals surface area contributed by atoms with Gasteiger partial charge in [-0.15, -0.1) is 0 Å². The second-order valence-corrected chi connectivity index (χ2v) is 2.01. The van der Waals surface area contributed by atoms with Gasteiger partial charge in [0.1, 0.15) is 0 Å². The van der Waals surface area contributed by atoms with Gasteiger partial charge in [-0.05, 0) is 0 Å². The van der Waals surface area contributed by atoms with Crippen LogP contribution in [-0.2, 0) is 0 Å². The predicted octanol–water partition coefficient (Wildman–Crippen LogP) is -0.0236. The molecule has 0 spiro atoms. The van der Waals surface area contributed by atoms with Crippen molar-refractivity contribution in [2.75, 3.05) is 6.54 Å². The van der Waals surface area contributed by atoms with Crippen molar-refractivity contribution in [3.8, 4) is 0 Å². The molecule has 42 valence electrons. The number of hydrogen-bond acceptors (Lipinski definition) is 3. The highest BCUT2D eigenvalue weighted by molar-refractivity contribution is 9.09. The number of halogens is 1. The van der Waals surface area contributed by atoms with Crippen molar-refractivity contribution in [1.82, 2.24) is 0 Å². The highest BCUT2D eigenvalue weighted by Gasteiger charge is 2.03. The number of rotatable bonds is 2. The first kappa shape index (κ1) is 6.84. The third kappa shape index (κ3) is 5.84. The lowest BCUT2D eigenvalue weighted by Crippen LogP contribution is -2.11. The van der Waals surface area contributed by atoms with Crippen molar-refractivity contribution >= 4 is 15.9 Å². The average Bonchev–Trinajstić information content (AvgIpc) is 1.27. The highest BCUT2D eigenvalue weighted by atomic mass is 79.9. The lowest BCUT2D eigenvalue weighted by molar-refractivity contribution is -0.484. The van der Waals surface area contributed by atoms with Crippen LogP contribution in [0.4, 0.5) is 0 Å². The standard InChI is InChI=1S/C2H4BrNO3/c3-2(5)1-4(6)7/h2,5H,1H2. The maximum Gasteiger partial charge on any atom is 0.239 e. The molecule has 0 bridgehead atoms. The number of aliphatic hydroxyl groups excluding tert-OH is 1. The van der Waals surface area contributed by atoms with Crippen LogP contribution < -0.4 is 0 Å². The van der Waals surface area contributed by atoms with Crippen molar-refractivity contribution in [2.24, 2.45) is 0 Å². The first-order chi connectivity index (χ1) is 3.13. The molecule has 0 aliphatic heterocycles. The van der Waals surface area contributed by atoms with Gasteiger partial charge >= 0.3 is 0 Å². The number of aliphatic hydroxyl groups is 1. The summed E-state index contributed by atoms with van der Waals surface area (Å²) in [7, 11) is 0. The largest absolute Gasteiger partial charge is 0.375 e. The normalized spacial score (nSPS) is 13.4. The molecular weight excluding hydrogens is 166 g/mol. The molecule has 0 amide bonds. The van der Waals surface area contributed by atoms with Gasteiger partial charge in [0.25, 0.3) is 0 Å². The van der Waals surface area contributed by atoms with Crippen molar-refractivity contribution in [3.05, 3.63) is 10.1 Å². The summed E-state index contributed by atoms with van der Waals surface area (Å²) < 4.78 is 0. The van der Waals surface area contributed by atoms with Gasteiger partial charge in [0.05, 0.1) is 0 Å². The topological polar surface area (TPSA) is 63.4 Å². The summed E-state index contributed by atoms with van der Waals surface area (Å²) >= 11 is 2.59. The van der Waals surface area contributed by atoms with Crippen molar-refractivity contribution in [3.63, 3.8) is 0 Å². The van der Waals surface area contributed by atoms with E-state index >= 15 is 0 Å². The first-order valence-electron chi connectivity index (χ1n) is 1.57. The Morgan fingerprint density at radius 2 is 2.43 bits per heavy atom. The monoisotopic (exact) mass is 169 g/mol. The molecule has 0 fully saturated rings. The minimum atomic E-state index is -1.01. The van der Waals surface area contributed by atoms with E-state index in [0.29, 0.717) is 0 Å². The van der Waals surface area contributed by atoms with Crippen molar-refractivity contribution in [1.29, 1.82) is 0 Å². The molecular formula is C2H4BrNO3. The van der Waals surface area contributed by atoms with Gasteiger partial charge in [-0.25, -0.2) is 0 Å². The fourth-order valence-corrected chi connectivity index (χ4v) is 0.359. The summed E-state index contributed by atoms with van der Waals surface area (Å²) in [6.07, 6.45) is 0. The van der Waals surface area contributed by atoms with E-state index in [1.807, 2.05) is 0 Å². The van der Waals surface area contributed by atoms with E-state index in [1.54, 1.807) is 0 Å². The molecule has 0 aromatic heterocycles. The Kier molecular flexibility index (Phi) is 2.86. The fraction of sp³-hybridized carbons (Fsp3) is 1.00. The van der Waals surface area contributed by atoms with Gasteiger partial charge in [0.15, 0.2) is 5.01 Å². The van der Waals surface area contributed by atoms with Crippen LogP contribution in [0.15, 0.2) is 0 Å². The Balaban J connectivity index is 3.13. The van der Waals surface area contributed by atoms with E-state index in [2.05, 4.69) is 15.9 Å². The maximum atomic E-state index is 9.43. The molecule has 0 saturated carbocycles. The van der Waals surface area contributed by atoms with Crippen LogP contribution in [0.2, 0.25) is 0 Å². The van der Waals surface area contributed by atoms with Gasteiger partial charge < -0.3 is 5.11 Å². The molecule has 0 heterocycles. The third-order valence-corrected chi connectivity index (χ3v) is 0.589. The van der Waals surface area contributed by atoms with Gasteiger partial charge in [-0.1, -0.05) is 15.9 Å². The molecule has 0 aliphatic rings. The summed E-state index contributed by atoms with van der Waals surface area (Å²) in [5.74, 6) is 0. The van der Waals surface area contributed by atoms with E-state index in [-0.39, 0.29) is 0 Å². The van der Waals surface area contributed by atoms with E-state index in [1.165, 1.54) is 0 Å². The summed E-state index contributed by atoms with van der Waals surface area (Å²) in [6, 6.07) is 0. The van der Waals surface area contributed by atoms with E-state index in [0.717, 1.165) is 0 Å². The summed E-state index contributed by atoms with van der Waals surface area (Å²) in [4.78, 5) is 8.83. The Hall–Kier alpha value is -0.160. The lowest BCUT2D eigenvalue weighted by Gasteiger charge is -1.90. The third-order valence-electron chi connectivity index (χ3n) is 0.300. The Morgan fingerprint density at radius 1 is 2.00 bits per heavy atom. The SMILES string of the molecule is O=[N+]([O-])CC(O)Br. The zero-order chi connectivity index (χ0) is 5.86. The molecule has 0 aromatic carbocycles. The van der Waals surface area contributed by atoms with E-state index in [4.69, 9.17) is 5.11 Å². The van der Waals surface area contributed by atoms with Gasteiger partial charge in [0, 0.05) is 4.92 Å². The number of alkyl halides is 1. The van der Waals surface area contributed by atoms with E-state index in [9.17, 15) is 10.1 Å². The molecule has 0 saturated heterocycles. The van der Waals surface area contributed by atoms with Crippen molar-refractivity contribution < 1.29 is 10.0 Å². The Bertz CT molecular complexity index is 73.3. The van der Waals surface area contributed by atoms with Crippen LogP contribution in [-0.4, -0.2) is 21.6 Å². The average molecular weight is 170 g/mol. The molecule has 0 aliphatic carbocycles. The molecule has 1 atom stereocenters. The fourth-order valence-electron chi connectivity index (χ4n) is 0.123. The Morgan fingerprint density at radius 3 is 2.43 bits per heavy atom. The molecule has 1 N–H and O–H groups in total. The van der Waals surface area contributed by atoms with Crippen molar-refractivity contribution in [2.45, 2.75) is 5.01 Å². The molecule has 7 heavy (non-hydrogen) atoms. The molecule has 0 aromatic rings. The summed E-state index contributed by atoms with van der Waals surface area (Å²) in [6.45, 7) is -0.444. The number of nitro groups is 1. The predicted molar refractivity (Wildman–Crippen MR) is 26.8 cm³/mol. The summed E-state index contributed by atoms with van der Waals surface area (Å²) in [5, 5.41) is 16.6. The zero-order valence-corrected chi connectivity index (χ0v) is 4.96. The van der Waals surface area contributed by atoms with Crippen LogP contribution in [0, 0.1) is 10.1 Å². The first-order valence-corrected chi connectivity index (χ1v) is 2.48. The van der Waals surface area contributed by atoms with Gasteiger partial charge in [0.2, 0.25) is 6.54 Å². The van der Waals surface area contributed by atoms with Gasteiger partial charge in [-0.2, -0.15) is 0 Å². The van der Waals surface area contributed by atoms with E-state index < -0.39 is 16.5 Å². The van der Waals surface area contributed by atoms with Crippen LogP contribution >= 0.6 is 15.9 Å². The van der Waals surface area contributed by atoms with Crippen LogP contribution in [0.5, 0.6) is 0 Å². The van der Waals surface area contributed by atoms with Crippen LogP contribution in [0.3, 0.4) is 0 Å².